The third-order valence-corrected chi connectivity index (χ3v) is 2.06. The molecule has 7 heteroatoms. The van der Waals surface area contributed by atoms with Gasteiger partial charge in [0, 0.05) is 6.54 Å². The van der Waals surface area contributed by atoms with Gasteiger partial charge in [-0.3, -0.25) is 13.8 Å². The normalized spacial score (nSPS) is 14.9. The minimum absolute atomic E-state index is 0.0454. The summed E-state index contributed by atoms with van der Waals surface area (Å²) >= 11 is 0. The molecular weight excluding hydrogens is 197 g/mol. The number of phosphoric acid groups is 1. The molecule has 0 fully saturated rings. The first kappa shape index (κ1) is 12.6. The summed E-state index contributed by atoms with van der Waals surface area (Å²) in [6.45, 7) is 2.13. The molecule has 0 rings (SSSR count). The van der Waals surface area contributed by atoms with Gasteiger partial charge in [0.1, 0.15) is 0 Å². The van der Waals surface area contributed by atoms with E-state index in [1.807, 2.05) is 6.92 Å². The fraction of sp³-hybridized carbons (Fsp3) is 0.833. The number of hydrogen-bond acceptors (Lipinski definition) is 4. The van der Waals surface area contributed by atoms with Crippen molar-refractivity contribution in [2.45, 2.75) is 13.3 Å². The Balaban J connectivity index is 3.50. The third-order valence-electron chi connectivity index (χ3n) is 1.04. The molecule has 78 valence electrons. The topological polar surface area (TPSA) is 84.9 Å². The van der Waals surface area contributed by atoms with Crippen LogP contribution in [0.4, 0.5) is 0 Å². The van der Waals surface area contributed by atoms with Crippen LogP contribution in [-0.4, -0.2) is 31.1 Å². The van der Waals surface area contributed by atoms with Crippen LogP contribution in [0.2, 0.25) is 0 Å². The van der Waals surface area contributed by atoms with E-state index >= 15 is 0 Å². The molecule has 6 nitrogen and oxygen atoms in total. The van der Waals surface area contributed by atoms with Crippen molar-refractivity contribution in [2.24, 2.45) is 0 Å². The first-order chi connectivity index (χ1) is 6.12. The maximum Gasteiger partial charge on any atom is 0.472 e. The summed E-state index contributed by atoms with van der Waals surface area (Å²) in [6, 6.07) is 0. The Bertz CT molecular complexity index is 186. The minimum Gasteiger partial charge on any atom is -0.356 e. The molecule has 0 bridgehead atoms. The van der Waals surface area contributed by atoms with E-state index in [0.717, 1.165) is 0 Å². The molecule has 0 aliphatic rings. The number of amides is 1. The summed E-state index contributed by atoms with van der Waals surface area (Å²) in [7, 11) is -3.91. The highest BCUT2D eigenvalue weighted by Crippen LogP contribution is 2.42. The Kier molecular flexibility index (Phi) is 6.80. The quantitative estimate of drug-likeness (QED) is 0.342. The van der Waals surface area contributed by atoms with Gasteiger partial charge < -0.3 is 10.2 Å². The Hall–Kier alpha value is -0.420. The summed E-state index contributed by atoms with van der Waals surface area (Å²) in [5, 5.41) is 2.28. The van der Waals surface area contributed by atoms with Crippen LogP contribution in [0.15, 0.2) is 0 Å². The van der Waals surface area contributed by atoms with Gasteiger partial charge in [-0.2, -0.15) is 0 Å². The molecule has 0 spiro atoms. The van der Waals surface area contributed by atoms with Gasteiger partial charge in [0.2, 0.25) is 6.41 Å². The molecule has 0 radical (unpaired) electrons. The molecule has 1 atom stereocenters. The van der Waals surface area contributed by atoms with Crippen LogP contribution in [0.25, 0.3) is 0 Å². The van der Waals surface area contributed by atoms with E-state index in [9.17, 15) is 9.36 Å². The molecule has 0 aromatic carbocycles. The maximum atomic E-state index is 10.9. The number of hydrogen-bond donors (Lipinski definition) is 2. The average molecular weight is 211 g/mol. The van der Waals surface area contributed by atoms with Crippen molar-refractivity contribution < 1.29 is 23.3 Å². The van der Waals surface area contributed by atoms with Gasteiger partial charge in [0.25, 0.3) is 0 Å². The van der Waals surface area contributed by atoms with Crippen LogP contribution in [0.1, 0.15) is 13.3 Å². The van der Waals surface area contributed by atoms with Crippen LogP contribution in [0, 0.1) is 0 Å². The summed E-state index contributed by atoms with van der Waals surface area (Å²) in [4.78, 5) is 18.7. The lowest BCUT2D eigenvalue weighted by molar-refractivity contribution is -0.109. The molecule has 0 aromatic heterocycles. The molecule has 0 heterocycles. The minimum atomic E-state index is -3.91. The Morgan fingerprint density at radius 2 is 2.08 bits per heavy atom. The van der Waals surface area contributed by atoms with E-state index in [1.54, 1.807) is 0 Å². The van der Waals surface area contributed by atoms with Gasteiger partial charge in [0.05, 0.1) is 13.2 Å². The number of carbonyl (C=O) groups is 1. The molecular formula is C6H14NO5P. The molecule has 2 N–H and O–H groups in total. The van der Waals surface area contributed by atoms with Crippen LogP contribution in [-0.2, 0) is 18.4 Å². The van der Waals surface area contributed by atoms with E-state index in [1.165, 1.54) is 0 Å². The summed E-state index contributed by atoms with van der Waals surface area (Å²) < 4.78 is 20.0. The van der Waals surface area contributed by atoms with Gasteiger partial charge in [-0.05, 0) is 6.42 Å². The Morgan fingerprint density at radius 3 is 2.62 bits per heavy atom. The molecule has 13 heavy (non-hydrogen) atoms. The third kappa shape index (κ3) is 7.93. The van der Waals surface area contributed by atoms with Crippen molar-refractivity contribution in [1.82, 2.24) is 5.32 Å². The molecule has 0 aliphatic heterocycles. The first-order valence-corrected chi connectivity index (χ1v) is 5.41. The predicted octanol–water partition coefficient (Wildman–Crippen LogP) is 0.276. The lowest BCUT2D eigenvalue weighted by atomic mass is 10.5. The van der Waals surface area contributed by atoms with Gasteiger partial charge in [-0.25, -0.2) is 4.57 Å². The molecule has 0 saturated carbocycles. The SMILES string of the molecule is CCCOP(=O)(O)OCCNC=O. The first-order valence-electron chi connectivity index (χ1n) is 3.91. The van der Waals surface area contributed by atoms with E-state index in [0.29, 0.717) is 12.8 Å². The van der Waals surface area contributed by atoms with Crippen molar-refractivity contribution in [2.75, 3.05) is 19.8 Å². The maximum absolute atomic E-state index is 10.9. The standard InChI is InChI=1S/C6H14NO5P/c1-2-4-11-13(9,10)12-5-3-7-6-8/h6H,2-5H2,1H3,(H,7,8)(H,9,10). The molecule has 1 amide bonds. The largest absolute Gasteiger partial charge is 0.472 e. The second-order valence-corrected chi connectivity index (χ2v) is 3.66. The number of carbonyl (C=O) groups excluding carboxylic acids is 1. The van der Waals surface area contributed by atoms with Crippen molar-refractivity contribution in [1.29, 1.82) is 0 Å². The zero-order valence-electron chi connectivity index (χ0n) is 7.43. The highest BCUT2D eigenvalue weighted by atomic mass is 31.2. The van der Waals surface area contributed by atoms with Gasteiger partial charge >= 0.3 is 7.82 Å². The van der Waals surface area contributed by atoms with E-state index in [2.05, 4.69) is 14.4 Å². The van der Waals surface area contributed by atoms with E-state index in [4.69, 9.17) is 4.89 Å². The molecule has 0 aromatic rings. The van der Waals surface area contributed by atoms with Crippen molar-refractivity contribution >= 4 is 14.2 Å². The molecule has 0 saturated heterocycles. The van der Waals surface area contributed by atoms with Crippen molar-refractivity contribution in [3.05, 3.63) is 0 Å². The highest BCUT2D eigenvalue weighted by molar-refractivity contribution is 7.47. The van der Waals surface area contributed by atoms with Gasteiger partial charge in [0.15, 0.2) is 0 Å². The average Bonchev–Trinajstić information content (AvgIpc) is 2.09. The van der Waals surface area contributed by atoms with E-state index < -0.39 is 7.82 Å². The van der Waals surface area contributed by atoms with Crippen LogP contribution < -0.4 is 5.32 Å². The Morgan fingerprint density at radius 1 is 1.46 bits per heavy atom. The zero-order valence-corrected chi connectivity index (χ0v) is 8.33. The lowest BCUT2D eigenvalue weighted by Gasteiger charge is -2.10. The fourth-order valence-corrected chi connectivity index (χ4v) is 1.33. The highest BCUT2D eigenvalue weighted by Gasteiger charge is 2.19. The lowest BCUT2D eigenvalue weighted by Crippen LogP contribution is -2.17. The zero-order chi connectivity index (χ0) is 10.2. The Labute approximate surface area is 76.8 Å². The second kappa shape index (κ2) is 7.03. The second-order valence-electron chi connectivity index (χ2n) is 2.21. The number of nitrogens with one attached hydrogen (secondary N) is 1. The summed E-state index contributed by atoms with van der Waals surface area (Å²) in [6.07, 6.45) is 1.12. The van der Waals surface area contributed by atoms with Gasteiger partial charge in [-0.15, -0.1) is 0 Å². The monoisotopic (exact) mass is 211 g/mol. The smallest absolute Gasteiger partial charge is 0.356 e. The summed E-state index contributed by atoms with van der Waals surface area (Å²) in [5.41, 5.74) is 0. The number of phosphoric ester groups is 1. The fourth-order valence-electron chi connectivity index (χ4n) is 0.523. The van der Waals surface area contributed by atoms with Crippen molar-refractivity contribution in [3.8, 4) is 0 Å². The van der Waals surface area contributed by atoms with Gasteiger partial charge in [-0.1, -0.05) is 6.92 Å². The molecule has 1 unspecified atom stereocenters. The molecule has 0 aliphatic carbocycles. The predicted molar refractivity (Wildman–Crippen MR) is 46.1 cm³/mol. The van der Waals surface area contributed by atoms with E-state index in [-0.39, 0.29) is 19.8 Å². The summed E-state index contributed by atoms with van der Waals surface area (Å²) in [5.74, 6) is 0. The number of rotatable bonds is 8. The van der Waals surface area contributed by atoms with Crippen molar-refractivity contribution in [3.63, 3.8) is 0 Å². The van der Waals surface area contributed by atoms with Crippen LogP contribution in [0.3, 0.4) is 0 Å². The van der Waals surface area contributed by atoms with Crippen LogP contribution in [0.5, 0.6) is 0 Å². The van der Waals surface area contributed by atoms with Crippen LogP contribution >= 0.6 is 7.82 Å².